The molecule has 0 aliphatic heterocycles. The van der Waals surface area contributed by atoms with Crippen LogP contribution < -0.4 is 0 Å². The molecule has 0 spiro atoms. The Balaban J connectivity index is 1.36. The number of hydrogen-bond acceptors (Lipinski definition) is 3. The third kappa shape index (κ3) is 4.02. The molecule has 0 N–H and O–H groups in total. The highest BCUT2D eigenvalue weighted by molar-refractivity contribution is 7.18. The van der Waals surface area contributed by atoms with Crippen LogP contribution in [0.2, 0.25) is 0 Å². The molecule has 0 unspecified atom stereocenters. The third-order valence-electron chi connectivity index (χ3n) is 9.35. The summed E-state index contributed by atoms with van der Waals surface area (Å²) in [6.45, 7) is 0. The fourth-order valence-corrected chi connectivity index (χ4v) is 8.22. The molecule has 10 aromatic rings. The van der Waals surface area contributed by atoms with Crippen LogP contribution in [0.3, 0.4) is 0 Å². The van der Waals surface area contributed by atoms with Gasteiger partial charge in [-0.25, -0.2) is 9.97 Å². The van der Waals surface area contributed by atoms with Gasteiger partial charge in [0.05, 0.1) is 28.1 Å². The van der Waals surface area contributed by atoms with Crippen LogP contribution >= 0.6 is 11.3 Å². The predicted octanol–water partition coefficient (Wildman–Crippen LogP) is 11.7. The van der Waals surface area contributed by atoms with Gasteiger partial charge in [0.25, 0.3) is 0 Å². The quantitative estimate of drug-likeness (QED) is 0.182. The second-order valence-electron chi connectivity index (χ2n) is 12.0. The van der Waals surface area contributed by atoms with Crippen LogP contribution in [0.1, 0.15) is 0 Å². The minimum absolute atomic E-state index is 0.685. The number of rotatable bonds is 4. The van der Waals surface area contributed by atoms with Gasteiger partial charge < -0.3 is 4.57 Å². The molecule has 3 nitrogen and oxygen atoms in total. The van der Waals surface area contributed by atoms with Crippen LogP contribution in [-0.2, 0) is 0 Å². The molecule has 10 rings (SSSR count). The van der Waals surface area contributed by atoms with E-state index in [1.165, 1.54) is 53.4 Å². The predicted molar refractivity (Wildman–Crippen MR) is 201 cm³/mol. The first-order valence-corrected chi connectivity index (χ1v) is 16.9. The summed E-state index contributed by atoms with van der Waals surface area (Å²) in [6, 6.07) is 57.4. The molecule has 3 aromatic heterocycles. The third-order valence-corrected chi connectivity index (χ3v) is 10.3. The highest BCUT2D eigenvalue weighted by Gasteiger charge is 2.23. The minimum Gasteiger partial charge on any atom is -0.308 e. The minimum atomic E-state index is 0.685. The van der Waals surface area contributed by atoms with E-state index in [1.807, 2.05) is 47.7 Å². The van der Waals surface area contributed by atoms with Crippen LogP contribution in [-0.4, -0.2) is 14.5 Å². The maximum absolute atomic E-state index is 5.24. The van der Waals surface area contributed by atoms with Crippen molar-refractivity contribution in [3.05, 3.63) is 163 Å². The van der Waals surface area contributed by atoms with E-state index in [0.29, 0.717) is 5.82 Å². The molecule has 7 aromatic carbocycles. The molecule has 3 heterocycles. The molecule has 0 bridgehead atoms. The summed E-state index contributed by atoms with van der Waals surface area (Å²) >= 11 is 1.81. The van der Waals surface area contributed by atoms with Crippen molar-refractivity contribution in [3.63, 3.8) is 0 Å². The highest BCUT2D eigenvalue weighted by atomic mass is 32.1. The summed E-state index contributed by atoms with van der Waals surface area (Å²) < 4.78 is 3.78. The average Bonchev–Trinajstić information content (AvgIpc) is 3.79. The van der Waals surface area contributed by atoms with Crippen LogP contribution in [0.4, 0.5) is 0 Å². The zero-order valence-electron chi connectivity index (χ0n) is 25.7. The van der Waals surface area contributed by atoms with E-state index in [1.54, 1.807) is 0 Å². The molecular formula is C44H25N3S. The first-order valence-electron chi connectivity index (χ1n) is 16.0. The van der Waals surface area contributed by atoms with Gasteiger partial charge in [-0.3, -0.25) is 0 Å². The second kappa shape index (κ2) is 10.6. The first-order chi connectivity index (χ1) is 23.8. The molecular weight excluding hydrogens is 603 g/mol. The summed E-state index contributed by atoms with van der Waals surface area (Å²) in [5, 5.41) is 11.1. The van der Waals surface area contributed by atoms with E-state index in [4.69, 9.17) is 9.97 Å². The second-order valence-corrected chi connectivity index (χ2v) is 12.9. The lowest BCUT2D eigenvalue weighted by atomic mass is 9.96. The van der Waals surface area contributed by atoms with Crippen LogP contribution in [0.5, 0.6) is 0 Å². The van der Waals surface area contributed by atoms with Gasteiger partial charge in [-0.1, -0.05) is 115 Å². The van der Waals surface area contributed by atoms with E-state index >= 15 is 0 Å². The Morgan fingerprint density at radius 2 is 1.29 bits per heavy atom. The standard InChI is InChI=1S/C44H25N3S/c1-3-13-28(14-4-1)36-27-37(46-44(45-36)30-15-5-2-6-16-30)35-21-11-12-22-38(35)47-39-24-23-29-25-26-48-43(29)41(39)40-33-19-9-7-17-31(33)32-18-8-10-20-34(32)42(40)47/h2-3,5-27H. The normalized spacial score (nSPS) is 11.6. The average molecular weight is 628 g/mol. The van der Waals surface area contributed by atoms with Crippen LogP contribution in [0.25, 0.3) is 93.0 Å². The fraction of sp³-hybridized carbons (Fsp3) is 0. The number of hydrogen-bond donors (Lipinski definition) is 0. The SMILES string of the molecule is c1ccc(-c2cc(-c3ccccc3-n3c4ccc5ccsc5c4c4c5ccccc5c5ccccc5c43)nc(-c3ccccc3)n2)cc#1. The number of aromatic nitrogens is 3. The van der Waals surface area contributed by atoms with Crippen molar-refractivity contribution in [1.82, 2.24) is 14.5 Å². The lowest BCUT2D eigenvalue weighted by Gasteiger charge is -2.16. The number of thiophene rings is 1. The lowest BCUT2D eigenvalue weighted by molar-refractivity contribution is 1.15. The lowest BCUT2D eigenvalue weighted by Crippen LogP contribution is -2.01. The van der Waals surface area contributed by atoms with Crippen molar-refractivity contribution in [2.24, 2.45) is 0 Å². The monoisotopic (exact) mass is 627 g/mol. The largest absolute Gasteiger partial charge is 0.308 e. The van der Waals surface area contributed by atoms with E-state index in [2.05, 4.69) is 131 Å². The molecule has 0 amide bonds. The van der Waals surface area contributed by atoms with Gasteiger partial charge in [0.15, 0.2) is 5.82 Å². The van der Waals surface area contributed by atoms with Gasteiger partial charge in [0, 0.05) is 37.5 Å². The summed E-state index contributed by atoms with van der Waals surface area (Å²) in [6.07, 6.45) is 0. The summed E-state index contributed by atoms with van der Waals surface area (Å²) in [7, 11) is 0. The molecule has 0 aliphatic carbocycles. The number of fused-ring (bicyclic) bond motifs is 10. The van der Waals surface area contributed by atoms with Gasteiger partial charge in [0.2, 0.25) is 0 Å². The first kappa shape index (κ1) is 26.9. The Kier molecular flexibility index (Phi) is 5.96. The van der Waals surface area contributed by atoms with Crippen molar-refractivity contribution in [2.45, 2.75) is 0 Å². The molecule has 4 heteroatoms. The molecule has 0 saturated heterocycles. The zero-order chi connectivity index (χ0) is 31.6. The molecule has 0 radical (unpaired) electrons. The zero-order valence-corrected chi connectivity index (χ0v) is 26.5. The summed E-state index contributed by atoms with van der Waals surface area (Å²) in [5.41, 5.74) is 8.15. The fourth-order valence-electron chi connectivity index (χ4n) is 7.27. The smallest absolute Gasteiger partial charge is 0.160 e. The van der Waals surface area contributed by atoms with Gasteiger partial charge in [-0.2, -0.15) is 0 Å². The Hall–Kier alpha value is -6.28. The van der Waals surface area contributed by atoms with Crippen molar-refractivity contribution < 1.29 is 0 Å². The van der Waals surface area contributed by atoms with Crippen molar-refractivity contribution in [3.8, 4) is 39.6 Å². The topological polar surface area (TPSA) is 30.7 Å². The summed E-state index contributed by atoms with van der Waals surface area (Å²) in [4.78, 5) is 10.3. The molecule has 48 heavy (non-hydrogen) atoms. The Morgan fingerprint density at radius 1 is 0.562 bits per heavy atom. The van der Waals surface area contributed by atoms with Gasteiger partial charge in [-0.15, -0.1) is 11.3 Å². The maximum atomic E-state index is 5.24. The molecule has 0 aliphatic rings. The van der Waals surface area contributed by atoms with Crippen molar-refractivity contribution in [2.75, 3.05) is 0 Å². The summed E-state index contributed by atoms with van der Waals surface area (Å²) in [5.74, 6) is 0.685. The molecule has 0 fully saturated rings. The Morgan fingerprint density at radius 3 is 2.12 bits per heavy atom. The Bertz CT molecular complexity index is 2770. The van der Waals surface area contributed by atoms with E-state index < -0.39 is 0 Å². The van der Waals surface area contributed by atoms with Crippen molar-refractivity contribution in [1.29, 1.82) is 0 Å². The van der Waals surface area contributed by atoms with Gasteiger partial charge >= 0.3 is 0 Å². The maximum Gasteiger partial charge on any atom is 0.160 e. The van der Waals surface area contributed by atoms with E-state index in [-0.39, 0.29) is 0 Å². The molecule has 0 atom stereocenters. The number of para-hydroxylation sites is 1. The van der Waals surface area contributed by atoms with Gasteiger partial charge in [-0.05, 0) is 69.4 Å². The number of nitrogens with zero attached hydrogens (tertiary/aromatic N) is 3. The molecule has 222 valence electrons. The van der Waals surface area contributed by atoms with E-state index in [9.17, 15) is 0 Å². The van der Waals surface area contributed by atoms with E-state index in [0.717, 1.165) is 33.8 Å². The van der Waals surface area contributed by atoms with Crippen LogP contribution in [0.15, 0.2) is 151 Å². The number of benzene rings is 6. The van der Waals surface area contributed by atoms with Gasteiger partial charge in [0.1, 0.15) is 0 Å². The van der Waals surface area contributed by atoms with Crippen LogP contribution in [0, 0.1) is 12.1 Å². The Labute approximate surface area is 281 Å². The molecule has 0 saturated carbocycles. The van der Waals surface area contributed by atoms with Crippen molar-refractivity contribution >= 4 is 64.8 Å². The highest BCUT2D eigenvalue weighted by Crippen LogP contribution is 2.46.